The molecule has 3 rings (SSSR count). The first kappa shape index (κ1) is 11.8. The molecule has 0 unspecified atom stereocenters. The molecule has 0 saturated heterocycles. The lowest BCUT2D eigenvalue weighted by atomic mass is 10.2. The quantitative estimate of drug-likeness (QED) is 0.556. The van der Waals surface area contributed by atoms with E-state index < -0.39 is 0 Å². The van der Waals surface area contributed by atoms with E-state index in [1.807, 2.05) is 25.1 Å². The number of aryl methyl sites for hydroxylation is 1. The van der Waals surface area contributed by atoms with Crippen molar-refractivity contribution < 1.29 is 0 Å². The molecule has 3 aromatic rings. The number of rotatable bonds is 2. The zero-order valence-electron chi connectivity index (χ0n) is 9.59. The van der Waals surface area contributed by atoms with Gasteiger partial charge in [-0.15, -0.1) is 10.2 Å². The second-order valence-electron chi connectivity index (χ2n) is 3.80. The van der Waals surface area contributed by atoms with Crippen LogP contribution in [0, 0.1) is 3.57 Å². The van der Waals surface area contributed by atoms with Gasteiger partial charge in [0.15, 0.2) is 5.82 Å². The van der Waals surface area contributed by atoms with Crippen molar-refractivity contribution in [3.05, 3.63) is 27.6 Å². The molecule has 0 radical (unpaired) electrons. The molecule has 0 spiro atoms. The van der Waals surface area contributed by atoms with Gasteiger partial charge in [-0.05, 0) is 40.8 Å². The number of benzene rings is 1. The summed E-state index contributed by atoms with van der Waals surface area (Å²) in [5, 5.41) is 13.6. The van der Waals surface area contributed by atoms with E-state index in [0.717, 1.165) is 37.0 Å². The van der Waals surface area contributed by atoms with E-state index in [1.54, 1.807) is 4.52 Å². The molecule has 92 valence electrons. The van der Waals surface area contributed by atoms with Crippen LogP contribution in [0.4, 0.5) is 5.69 Å². The highest BCUT2D eigenvalue weighted by Gasteiger charge is 2.13. The number of anilines is 1. The van der Waals surface area contributed by atoms with Crippen LogP contribution < -0.4 is 5.73 Å². The first-order valence-electron chi connectivity index (χ1n) is 5.45. The molecule has 5 nitrogen and oxygen atoms in total. The second-order valence-corrected chi connectivity index (χ2v) is 6.00. The lowest BCUT2D eigenvalue weighted by Crippen LogP contribution is -1.95. The average Bonchev–Trinajstić information content (AvgIpc) is 2.91. The van der Waals surface area contributed by atoms with Gasteiger partial charge < -0.3 is 5.73 Å². The third kappa shape index (κ3) is 1.87. The van der Waals surface area contributed by atoms with E-state index in [-0.39, 0.29) is 0 Å². The lowest BCUT2D eigenvalue weighted by Gasteiger charge is -2.01. The minimum atomic E-state index is 0.735. The third-order valence-corrected chi connectivity index (χ3v) is 4.22. The number of nitrogen functional groups attached to an aromatic ring is 1. The van der Waals surface area contributed by atoms with Crippen LogP contribution in [0.15, 0.2) is 18.2 Å². The molecule has 18 heavy (non-hydrogen) atoms. The van der Waals surface area contributed by atoms with Crippen LogP contribution in [-0.2, 0) is 6.42 Å². The molecule has 0 amide bonds. The van der Waals surface area contributed by atoms with E-state index in [2.05, 4.69) is 37.9 Å². The normalized spacial score (nSPS) is 11.2. The van der Waals surface area contributed by atoms with Gasteiger partial charge >= 0.3 is 0 Å². The number of fused-ring (bicyclic) bond motifs is 1. The largest absolute Gasteiger partial charge is 0.398 e. The van der Waals surface area contributed by atoms with Gasteiger partial charge in [0, 0.05) is 21.2 Å². The Morgan fingerprint density at radius 1 is 1.39 bits per heavy atom. The predicted octanol–water partition coefficient (Wildman–Crippen LogP) is 2.60. The second kappa shape index (κ2) is 4.47. The molecule has 0 aliphatic carbocycles. The summed E-state index contributed by atoms with van der Waals surface area (Å²) in [6.45, 7) is 2.04. The summed E-state index contributed by atoms with van der Waals surface area (Å²) in [6, 6.07) is 5.92. The zero-order valence-corrected chi connectivity index (χ0v) is 12.6. The van der Waals surface area contributed by atoms with Crippen LogP contribution in [-0.4, -0.2) is 19.8 Å². The van der Waals surface area contributed by atoms with Crippen molar-refractivity contribution in [1.82, 2.24) is 19.8 Å². The van der Waals surface area contributed by atoms with Crippen molar-refractivity contribution in [1.29, 1.82) is 0 Å². The summed E-state index contributed by atoms with van der Waals surface area (Å²) >= 11 is 3.77. The Bertz CT molecular complexity index is 717. The molecule has 0 atom stereocenters. The Balaban J connectivity index is 2.19. The van der Waals surface area contributed by atoms with Crippen LogP contribution >= 0.6 is 33.9 Å². The highest BCUT2D eigenvalue weighted by Crippen LogP contribution is 2.31. The van der Waals surface area contributed by atoms with Crippen molar-refractivity contribution in [3.8, 4) is 10.6 Å². The Hall–Kier alpha value is -1.22. The number of hydrogen-bond donors (Lipinski definition) is 1. The summed E-state index contributed by atoms with van der Waals surface area (Å²) in [5.41, 5.74) is 7.69. The lowest BCUT2D eigenvalue weighted by molar-refractivity contribution is 0.838. The van der Waals surface area contributed by atoms with E-state index in [9.17, 15) is 0 Å². The monoisotopic (exact) mass is 371 g/mol. The molecule has 0 saturated carbocycles. The number of halogens is 1. The van der Waals surface area contributed by atoms with E-state index in [4.69, 9.17) is 5.73 Å². The molecular formula is C11H10IN5S. The Morgan fingerprint density at radius 3 is 3.00 bits per heavy atom. The first-order chi connectivity index (χ1) is 8.69. The Labute approximate surface area is 121 Å². The van der Waals surface area contributed by atoms with Gasteiger partial charge in [0.05, 0.1) is 0 Å². The van der Waals surface area contributed by atoms with E-state index in [1.165, 1.54) is 11.3 Å². The van der Waals surface area contributed by atoms with Crippen LogP contribution in [0.3, 0.4) is 0 Å². The maximum atomic E-state index is 6.00. The molecule has 0 aliphatic heterocycles. The van der Waals surface area contributed by atoms with Crippen LogP contribution in [0.2, 0.25) is 0 Å². The van der Waals surface area contributed by atoms with Crippen LogP contribution in [0.1, 0.15) is 12.7 Å². The average molecular weight is 371 g/mol. The van der Waals surface area contributed by atoms with E-state index in [0.29, 0.717) is 0 Å². The maximum absolute atomic E-state index is 6.00. The molecule has 7 heteroatoms. The predicted molar refractivity (Wildman–Crippen MR) is 80.6 cm³/mol. The van der Waals surface area contributed by atoms with Crippen molar-refractivity contribution in [2.75, 3.05) is 5.73 Å². The van der Waals surface area contributed by atoms with Gasteiger partial charge in [0.1, 0.15) is 5.01 Å². The summed E-state index contributed by atoms with van der Waals surface area (Å²) in [6.07, 6.45) is 0.812. The summed E-state index contributed by atoms with van der Waals surface area (Å²) < 4.78 is 2.93. The Kier molecular flexibility index (Phi) is 2.94. The minimum absolute atomic E-state index is 0.735. The standard InChI is InChI=1S/C11H10IN5S/c1-2-9-14-15-11-17(9)16-10(18-11)7-5-6(12)3-4-8(7)13/h3-5H,2,13H2,1H3. The SMILES string of the molecule is CCc1nnc2sc(-c3cc(I)ccc3N)nn12. The van der Waals surface area contributed by atoms with Crippen LogP contribution in [0.25, 0.3) is 15.5 Å². The zero-order chi connectivity index (χ0) is 12.7. The van der Waals surface area contributed by atoms with Gasteiger partial charge in [-0.25, -0.2) is 0 Å². The fourth-order valence-corrected chi connectivity index (χ4v) is 3.09. The highest BCUT2D eigenvalue weighted by atomic mass is 127. The number of nitrogens with zero attached hydrogens (tertiary/aromatic N) is 4. The molecule has 2 N–H and O–H groups in total. The van der Waals surface area contributed by atoms with Crippen molar-refractivity contribution in [2.24, 2.45) is 0 Å². The fraction of sp³-hybridized carbons (Fsp3) is 0.182. The number of nitrogens with two attached hydrogens (primary N) is 1. The summed E-state index contributed by atoms with van der Waals surface area (Å²) in [4.78, 5) is 0.806. The molecule has 2 aromatic heterocycles. The van der Waals surface area contributed by atoms with E-state index >= 15 is 0 Å². The summed E-state index contributed by atoms with van der Waals surface area (Å²) in [7, 11) is 0. The van der Waals surface area contributed by atoms with Crippen molar-refractivity contribution in [2.45, 2.75) is 13.3 Å². The minimum Gasteiger partial charge on any atom is -0.398 e. The van der Waals surface area contributed by atoms with Crippen molar-refractivity contribution in [3.63, 3.8) is 0 Å². The fourth-order valence-electron chi connectivity index (χ4n) is 1.70. The summed E-state index contributed by atoms with van der Waals surface area (Å²) in [5.74, 6) is 0.872. The molecule has 0 aliphatic rings. The van der Waals surface area contributed by atoms with Gasteiger partial charge in [-0.2, -0.15) is 9.61 Å². The molecule has 0 fully saturated rings. The number of hydrogen-bond acceptors (Lipinski definition) is 5. The molecule has 2 heterocycles. The van der Waals surface area contributed by atoms with Crippen molar-refractivity contribution >= 4 is 44.6 Å². The Morgan fingerprint density at radius 2 is 2.22 bits per heavy atom. The molecule has 1 aromatic carbocycles. The van der Waals surface area contributed by atoms with Crippen LogP contribution in [0.5, 0.6) is 0 Å². The van der Waals surface area contributed by atoms with Gasteiger partial charge in [-0.3, -0.25) is 0 Å². The third-order valence-electron chi connectivity index (χ3n) is 2.62. The van der Waals surface area contributed by atoms with Gasteiger partial charge in [0.25, 0.3) is 0 Å². The molecular weight excluding hydrogens is 361 g/mol. The highest BCUT2D eigenvalue weighted by molar-refractivity contribution is 14.1. The first-order valence-corrected chi connectivity index (χ1v) is 7.35. The molecule has 0 bridgehead atoms. The topological polar surface area (TPSA) is 69.1 Å². The number of aromatic nitrogens is 4. The maximum Gasteiger partial charge on any atom is 0.234 e. The van der Waals surface area contributed by atoms with Gasteiger partial charge in [0.2, 0.25) is 4.96 Å². The smallest absolute Gasteiger partial charge is 0.234 e. The van der Waals surface area contributed by atoms with Gasteiger partial charge in [-0.1, -0.05) is 18.3 Å².